The van der Waals surface area contributed by atoms with E-state index in [1.807, 2.05) is 44.2 Å². The Bertz CT molecular complexity index is 523. The maximum Gasteiger partial charge on any atom is 0.123 e. The highest BCUT2D eigenvalue weighted by Gasteiger charge is 2.05. The molecule has 2 rings (SSSR count). The minimum atomic E-state index is 0.280. The van der Waals surface area contributed by atoms with Crippen molar-refractivity contribution in [1.29, 1.82) is 0 Å². The summed E-state index contributed by atoms with van der Waals surface area (Å²) >= 11 is 1.76. The number of phenols is 1. The second kappa shape index (κ2) is 6.12. The molecule has 0 atom stereocenters. The minimum absolute atomic E-state index is 0.280. The molecule has 0 spiro atoms. The molecule has 0 radical (unpaired) electrons. The molecule has 18 heavy (non-hydrogen) atoms. The lowest BCUT2D eigenvalue weighted by Crippen LogP contribution is -2.05. The van der Waals surface area contributed by atoms with Gasteiger partial charge in [-0.2, -0.15) is 0 Å². The average molecular weight is 262 g/mol. The second-order valence-corrected chi connectivity index (χ2v) is 5.53. The fraction of sp³-hybridized carbons (Fsp3) is 0.333. The average Bonchev–Trinajstić information content (AvgIpc) is 2.37. The summed E-state index contributed by atoms with van der Waals surface area (Å²) in [5, 5.41) is 11.8. The maximum atomic E-state index is 9.81. The molecule has 0 fully saturated rings. The number of rotatable bonds is 5. The summed E-state index contributed by atoms with van der Waals surface area (Å²) in [5.74, 6) is 1.26. The molecular formula is C15H18O2S. The Balaban J connectivity index is 2.11. The van der Waals surface area contributed by atoms with Crippen LogP contribution < -0.4 is 0 Å². The van der Waals surface area contributed by atoms with Gasteiger partial charge in [-0.25, -0.2) is 0 Å². The zero-order valence-electron chi connectivity index (χ0n) is 10.7. The number of phenolic OH excluding ortho intramolecular Hbond substituents is 1. The molecule has 0 aromatic heterocycles. The lowest BCUT2D eigenvalue weighted by molar-refractivity contribution is 0.0920. The highest BCUT2D eigenvalue weighted by molar-refractivity contribution is 7.99. The van der Waals surface area contributed by atoms with E-state index < -0.39 is 0 Å². The van der Waals surface area contributed by atoms with Crippen LogP contribution in [0.4, 0.5) is 0 Å². The fourth-order valence-electron chi connectivity index (χ4n) is 1.82. The Labute approximate surface area is 112 Å². The van der Waals surface area contributed by atoms with Gasteiger partial charge in [0.05, 0.1) is 12.7 Å². The van der Waals surface area contributed by atoms with Crippen molar-refractivity contribution in [3.05, 3.63) is 36.4 Å². The van der Waals surface area contributed by atoms with Gasteiger partial charge in [-0.1, -0.05) is 24.3 Å². The highest BCUT2D eigenvalue weighted by Crippen LogP contribution is 2.33. The number of fused-ring (bicyclic) bond motifs is 1. The summed E-state index contributed by atoms with van der Waals surface area (Å²) in [5.41, 5.74) is 0. The SMILES string of the molecule is CC(C)OCCSc1ccc(O)c2ccccc12. The molecule has 0 saturated heterocycles. The maximum absolute atomic E-state index is 9.81. The van der Waals surface area contributed by atoms with Crippen LogP contribution in [0.15, 0.2) is 41.3 Å². The van der Waals surface area contributed by atoms with Crippen molar-refractivity contribution >= 4 is 22.5 Å². The van der Waals surface area contributed by atoms with Gasteiger partial charge in [0.1, 0.15) is 5.75 Å². The summed E-state index contributed by atoms with van der Waals surface area (Å²) < 4.78 is 5.53. The molecular weight excluding hydrogens is 244 g/mol. The van der Waals surface area contributed by atoms with Gasteiger partial charge in [0.15, 0.2) is 0 Å². The van der Waals surface area contributed by atoms with E-state index in [0.29, 0.717) is 5.75 Å². The molecule has 0 aliphatic heterocycles. The summed E-state index contributed by atoms with van der Waals surface area (Å²) in [6.07, 6.45) is 0.280. The van der Waals surface area contributed by atoms with E-state index >= 15 is 0 Å². The predicted molar refractivity (Wildman–Crippen MR) is 77.4 cm³/mol. The first-order valence-electron chi connectivity index (χ1n) is 6.13. The molecule has 0 bridgehead atoms. The first-order valence-corrected chi connectivity index (χ1v) is 7.12. The molecule has 3 heteroatoms. The van der Waals surface area contributed by atoms with Crippen LogP contribution in [-0.2, 0) is 4.74 Å². The molecule has 2 aromatic carbocycles. The Hall–Kier alpha value is -1.19. The van der Waals surface area contributed by atoms with Crippen LogP contribution in [0.5, 0.6) is 5.75 Å². The molecule has 0 saturated carbocycles. The van der Waals surface area contributed by atoms with E-state index in [0.717, 1.165) is 23.1 Å². The lowest BCUT2D eigenvalue weighted by Gasteiger charge is -2.09. The number of hydrogen-bond donors (Lipinski definition) is 1. The topological polar surface area (TPSA) is 29.5 Å². The fourth-order valence-corrected chi connectivity index (χ4v) is 2.71. The van der Waals surface area contributed by atoms with Gasteiger partial charge in [-0.15, -0.1) is 11.8 Å². The molecule has 1 N–H and O–H groups in total. The Morgan fingerprint density at radius 2 is 1.83 bits per heavy atom. The normalized spacial score (nSPS) is 11.3. The Kier molecular flexibility index (Phi) is 4.50. The monoisotopic (exact) mass is 262 g/mol. The van der Waals surface area contributed by atoms with Gasteiger partial charge in [-0.3, -0.25) is 0 Å². The number of aromatic hydroxyl groups is 1. The summed E-state index contributed by atoms with van der Waals surface area (Å²) in [4.78, 5) is 1.19. The zero-order valence-corrected chi connectivity index (χ0v) is 11.5. The largest absolute Gasteiger partial charge is 0.507 e. The molecule has 0 amide bonds. The van der Waals surface area contributed by atoms with Crippen molar-refractivity contribution in [1.82, 2.24) is 0 Å². The summed E-state index contributed by atoms with van der Waals surface area (Å²) in [7, 11) is 0. The van der Waals surface area contributed by atoms with Crippen LogP contribution >= 0.6 is 11.8 Å². The summed E-state index contributed by atoms with van der Waals surface area (Å²) in [6, 6.07) is 11.7. The number of hydrogen-bond acceptors (Lipinski definition) is 3. The first kappa shape index (κ1) is 13.2. The number of ether oxygens (including phenoxy) is 1. The van der Waals surface area contributed by atoms with Crippen LogP contribution in [-0.4, -0.2) is 23.6 Å². The van der Waals surface area contributed by atoms with Crippen molar-refractivity contribution in [3.8, 4) is 5.75 Å². The summed E-state index contributed by atoms with van der Waals surface area (Å²) in [6.45, 7) is 4.83. The molecule has 2 nitrogen and oxygen atoms in total. The third kappa shape index (κ3) is 3.18. The first-order chi connectivity index (χ1) is 8.68. The van der Waals surface area contributed by atoms with Gasteiger partial charge in [0.2, 0.25) is 0 Å². The van der Waals surface area contributed by atoms with Gasteiger partial charge in [0, 0.05) is 16.0 Å². The Morgan fingerprint density at radius 3 is 2.56 bits per heavy atom. The van der Waals surface area contributed by atoms with Gasteiger partial charge in [0.25, 0.3) is 0 Å². The lowest BCUT2D eigenvalue weighted by atomic mass is 10.1. The molecule has 0 aliphatic rings. The molecule has 0 aliphatic carbocycles. The standard InChI is InChI=1S/C15H18O2S/c1-11(2)17-9-10-18-15-8-7-14(16)12-5-3-4-6-13(12)15/h3-8,11,16H,9-10H2,1-2H3. The van der Waals surface area contributed by atoms with Gasteiger partial charge < -0.3 is 9.84 Å². The van der Waals surface area contributed by atoms with Gasteiger partial charge >= 0.3 is 0 Å². The molecule has 96 valence electrons. The van der Waals surface area contributed by atoms with Crippen molar-refractivity contribution in [2.24, 2.45) is 0 Å². The van der Waals surface area contributed by atoms with Crippen molar-refractivity contribution < 1.29 is 9.84 Å². The predicted octanol–water partition coefficient (Wildman–Crippen LogP) is 4.06. The van der Waals surface area contributed by atoms with E-state index in [1.165, 1.54) is 4.90 Å². The van der Waals surface area contributed by atoms with Crippen LogP contribution in [0, 0.1) is 0 Å². The van der Waals surface area contributed by atoms with Crippen LogP contribution in [0.25, 0.3) is 10.8 Å². The number of thioether (sulfide) groups is 1. The third-order valence-electron chi connectivity index (χ3n) is 2.65. The zero-order chi connectivity index (χ0) is 13.0. The van der Waals surface area contributed by atoms with Gasteiger partial charge in [-0.05, 0) is 31.4 Å². The van der Waals surface area contributed by atoms with Crippen molar-refractivity contribution in [2.75, 3.05) is 12.4 Å². The van der Waals surface area contributed by atoms with Crippen LogP contribution in [0.2, 0.25) is 0 Å². The molecule has 2 aromatic rings. The number of benzene rings is 2. The third-order valence-corrected chi connectivity index (χ3v) is 3.69. The van der Waals surface area contributed by atoms with E-state index in [9.17, 15) is 5.11 Å². The van der Waals surface area contributed by atoms with Crippen LogP contribution in [0.3, 0.4) is 0 Å². The highest BCUT2D eigenvalue weighted by atomic mass is 32.2. The van der Waals surface area contributed by atoms with Crippen molar-refractivity contribution in [3.63, 3.8) is 0 Å². The molecule has 0 heterocycles. The van der Waals surface area contributed by atoms with E-state index in [4.69, 9.17) is 4.74 Å². The second-order valence-electron chi connectivity index (χ2n) is 4.40. The van der Waals surface area contributed by atoms with E-state index in [1.54, 1.807) is 17.8 Å². The quantitative estimate of drug-likeness (QED) is 0.651. The van der Waals surface area contributed by atoms with Crippen molar-refractivity contribution in [2.45, 2.75) is 24.8 Å². The Morgan fingerprint density at radius 1 is 1.11 bits per heavy atom. The van der Waals surface area contributed by atoms with Crippen LogP contribution in [0.1, 0.15) is 13.8 Å². The van der Waals surface area contributed by atoms with E-state index in [-0.39, 0.29) is 6.10 Å². The van der Waals surface area contributed by atoms with E-state index in [2.05, 4.69) is 0 Å². The smallest absolute Gasteiger partial charge is 0.123 e. The minimum Gasteiger partial charge on any atom is -0.507 e. The molecule has 0 unspecified atom stereocenters.